The first kappa shape index (κ1) is 14.6. The van der Waals surface area contributed by atoms with Crippen LogP contribution in [0.2, 0.25) is 0 Å². The zero-order chi connectivity index (χ0) is 14.6. The zero-order valence-electron chi connectivity index (χ0n) is 10.8. The van der Waals surface area contributed by atoms with Gasteiger partial charge in [-0.05, 0) is 31.0 Å². The van der Waals surface area contributed by atoms with Gasteiger partial charge in [0.05, 0.1) is 12.1 Å². The predicted molar refractivity (Wildman–Crippen MR) is 68.0 cm³/mol. The van der Waals surface area contributed by atoms with Crippen molar-refractivity contribution in [3.8, 4) is 6.07 Å². The molecular weight excluding hydrogens is 269 g/mol. The van der Waals surface area contributed by atoms with Gasteiger partial charge in [0.2, 0.25) is 0 Å². The number of nitrogens with zero attached hydrogens (tertiary/aromatic N) is 3. The fraction of sp³-hybridized carbons (Fsp3) is 0.538. The molecule has 108 valence electrons. The number of nitrogens with one attached hydrogen (secondary N) is 1. The molecule has 1 fully saturated rings. The number of nitriles is 1. The van der Waals surface area contributed by atoms with Gasteiger partial charge in [0.15, 0.2) is 0 Å². The summed E-state index contributed by atoms with van der Waals surface area (Å²) in [6.45, 7) is 0.553. The van der Waals surface area contributed by atoms with Gasteiger partial charge in [0, 0.05) is 19.3 Å². The van der Waals surface area contributed by atoms with Crippen LogP contribution in [0, 0.1) is 17.2 Å². The van der Waals surface area contributed by atoms with Gasteiger partial charge in [-0.3, -0.25) is 4.90 Å². The Bertz CT molecular complexity index is 495. The highest BCUT2D eigenvalue weighted by Crippen LogP contribution is 2.23. The number of hydrogen-bond acceptors (Lipinski definition) is 4. The van der Waals surface area contributed by atoms with Gasteiger partial charge >= 0.3 is 6.18 Å². The molecule has 4 nitrogen and oxygen atoms in total. The number of aromatic nitrogens is 1. The Hall–Kier alpha value is -1.81. The molecule has 7 heteroatoms. The third-order valence-electron chi connectivity index (χ3n) is 3.26. The van der Waals surface area contributed by atoms with Crippen molar-refractivity contribution in [2.75, 3.05) is 31.5 Å². The maximum absolute atomic E-state index is 12.3. The predicted octanol–water partition coefficient (Wildman–Crippen LogP) is 2.25. The molecule has 1 aromatic heterocycles. The molecule has 1 saturated heterocycles. The highest BCUT2D eigenvalue weighted by Gasteiger charge is 2.34. The average molecular weight is 284 g/mol. The number of rotatable bonds is 4. The molecular formula is C13H15F3N4. The van der Waals surface area contributed by atoms with Crippen LogP contribution in [0.4, 0.5) is 19.0 Å². The number of pyridine rings is 1. The van der Waals surface area contributed by atoms with Crippen molar-refractivity contribution in [2.24, 2.45) is 5.92 Å². The number of anilines is 1. The van der Waals surface area contributed by atoms with Gasteiger partial charge in [-0.1, -0.05) is 0 Å². The van der Waals surface area contributed by atoms with Crippen LogP contribution in [0.1, 0.15) is 12.0 Å². The molecule has 0 amide bonds. The van der Waals surface area contributed by atoms with E-state index < -0.39 is 12.7 Å². The second-order valence-electron chi connectivity index (χ2n) is 4.90. The molecule has 20 heavy (non-hydrogen) atoms. The Morgan fingerprint density at radius 2 is 2.30 bits per heavy atom. The summed E-state index contributed by atoms with van der Waals surface area (Å²) < 4.78 is 36.8. The summed E-state index contributed by atoms with van der Waals surface area (Å²) in [4.78, 5) is 5.47. The number of halogens is 3. The molecule has 0 saturated carbocycles. The van der Waals surface area contributed by atoms with Gasteiger partial charge in [-0.25, -0.2) is 4.98 Å². The normalized spacial score (nSPS) is 19.8. The summed E-state index contributed by atoms with van der Waals surface area (Å²) in [5.74, 6) is 0.634. The fourth-order valence-corrected chi connectivity index (χ4v) is 2.35. The van der Waals surface area contributed by atoms with Crippen molar-refractivity contribution >= 4 is 5.82 Å². The van der Waals surface area contributed by atoms with E-state index in [9.17, 15) is 13.2 Å². The maximum Gasteiger partial charge on any atom is 0.401 e. The lowest BCUT2D eigenvalue weighted by Crippen LogP contribution is -2.33. The summed E-state index contributed by atoms with van der Waals surface area (Å²) in [5.41, 5.74) is 0.442. The minimum atomic E-state index is -4.14. The van der Waals surface area contributed by atoms with E-state index in [1.165, 1.54) is 4.90 Å². The fourth-order valence-electron chi connectivity index (χ4n) is 2.35. The van der Waals surface area contributed by atoms with E-state index in [1.54, 1.807) is 18.3 Å². The van der Waals surface area contributed by atoms with Crippen LogP contribution in [0.5, 0.6) is 0 Å². The van der Waals surface area contributed by atoms with E-state index in [0.717, 1.165) is 6.42 Å². The maximum atomic E-state index is 12.3. The summed E-state index contributed by atoms with van der Waals surface area (Å²) >= 11 is 0. The molecule has 0 radical (unpaired) electrons. The smallest absolute Gasteiger partial charge is 0.369 e. The Morgan fingerprint density at radius 1 is 1.50 bits per heavy atom. The molecule has 1 aliphatic heterocycles. The standard InChI is InChI=1S/C13H15F3N4/c14-13(15,16)9-20-5-3-10(8-20)7-19-12-11(6-17)2-1-4-18-12/h1-2,4,10H,3,5,7-9H2,(H,18,19). The van der Waals surface area contributed by atoms with E-state index in [2.05, 4.69) is 10.3 Å². The SMILES string of the molecule is N#Cc1cccnc1NCC1CCN(CC(F)(F)F)C1. The third-order valence-corrected chi connectivity index (χ3v) is 3.26. The quantitative estimate of drug-likeness (QED) is 0.921. The summed E-state index contributed by atoms with van der Waals surface area (Å²) in [6, 6.07) is 5.35. The van der Waals surface area contributed by atoms with Crippen molar-refractivity contribution in [3.05, 3.63) is 23.9 Å². The van der Waals surface area contributed by atoms with Crippen molar-refractivity contribution in [2.45, 2.75) is 12.6 Å². The van der Waals surface area contributed by atoms with Gasteiger partial charge < -0.3 is 5.32 Å². The van der Waals surface area contributed by atoms with Gasteiger partial charge in [-0.2, -0.15) is 18.4 Å². The highest BCUT2D eigenvalue weighted by atomic mass is 19.4. The van der Waals surface area contributed by atoms with E-state index in [4.69, 9.17) is 5.26 Å². The van der Waals surface area contributed by atoms with Crippen molar-refractivity contribution in [3.63, 3.8) is 0 Å². The van der Waals surface area contributed by atoms with Gasteiger partial charge in [0.25, 0.3) is 0 Å². The van der Waals surface area contributed by atoms with Crippen LogP contribution >= 0.6 is 0 Å². The van der Waals surface area contributed by atoms with Crippen LogP contribution < -0.4 is 5.32 Å². The Kier molecular flexibility index (Phi) is 4.45. The van der Waals surface area contributed by atoms with Crippen molar-refractivity contribution < 1.29 is 13.2 Å². The monoisotopic (exact) mass is 284 g/mol. The lowest BCUT2D eigenvalue weighted by atomic mass is 10.1. The van der Waals surface area contributed by atoms with Gasteiger partial charge in [0.1, 0.15) is 11.9 Å². The molecule has 0 aromatic carbocycles. The van der Waals surface area contributed by atoms with Crippen LogP contribution in [0.25, 0.3) is 0 Å². The Labute approximate surface area is 115 Å². The van der Waals surface area contributed by atoms with Crippen molar-refractivity contribution in [1.29, 1.82) is 5.26 Å². The van der Waals surface area contributed by atoms with E-state index >= 15 is 0 Å². The first-order valence-corrected chi connectivity index (χ1v) is 6.36. The molecule has 0 bridgehead atoms. The molecule has 1 aromatic rings. The number of likely N-dealkylation sites (tertiary alicyclic amines) is 1. The van der Waals surface area contributed by atoms with E-state index in [1.807, 2.05) is 6.07 Å². The second-order valence-corrected chi connectivity index (χ2v) is 4.90. The van der Waals surface area contributed by atoms with Crippen LogP contribution in [0.15, 0.2) is 18.3 Å². The molecule has 1 aliphatic rings. The number of hydrogen-bond donors (Lipinski definition) is 1. The Balaban J connectivity index is 1.83. The lowest BCUT2D eigenvalue weighted by Gasteiger charge is -2.18. The second kappa shape index (κ2) is 6.09. The largest absolute Gasteiger partial charge is 0.401 e. The van der Waals surface area contributed by atoms with Crippen LogP contribution in [0.3, 0.4) is 0 Å². The minimum Gasteiger partial charge on any atom is -0.369 e. The zero-order valence-corrected chi connectivity index (χ0v) is 10.8. The average Bonchev–Trinajstić information content (AvgIpc) is 2.82. The molecule has 0 aliphatic carbocycles. The molecule has 2 heterocycles. The third kappa shape index (κ3) is 4.10. The molecule has 1 atom stereocenters. The molecule has 1 unspecified atom stereocenters. The van der Waals surface area contributed by atoms with Gasteiger partial charge in [-0.15, -0.1) is 0 Å². The van der Waals surface area contributed by atoms with Crippen molar-refractivity contribution in [1.82, 2.24) is 9.88 Å². The van der Waals surface area contributed by atoms with E-state index in [-0.39, 0.29) is 5.92 Å². The van der Waals surface area contributed by atoms with Crippen LogP contribution in [-0.2, 0) is 0 Å². The molecule has 1 N–H and O–H groups in total. The first-order chi connectivity index (χ1) is 9.48. The topological polar surface area (TPSA) is 52.0 Å². The summed E-state index contributed by atoms with van der Waals surface area (Å²) in [5, 5.41) is 12.0. The Morgan fingerprint density at radius 3 is 3.00 bits per heavy atom. The minimum absolute atomic E-state index is 0.144. The lowest BCUT2D eigenvalue weighted by molar-refractivity contribution is -0.143. The first-order valence-electron chi connectivity index (χ1n) is 6.36. The number of alkyl halides is 3. The summed E-state index contributed by atoms with van der Waals surface area (Å²) in [6.07, 6.45) is -1.84. The van der Waals surface area contributed by atoms with Crippen LogP contribution in [-0.4, -0.2) is 42.2 Å². The summed E-state index contributed by atoms with van der Waals surface area (Å²) in [7, 11) is 0. The highest BCUT2D eigenvalue weighted by molar-refractivity contribution is 5.51. The molecule has 0 spiro atoms. The molecule has 2 rings (SSSR count). The van der Waals surface area contributed by atoms with E-state index in [0.29, 0.717) is 31.0 Å².